The lowest BCUT2D eigenvalue weighted by molar-refractivity contribution is -0.140. The van der Waals surface area contributed by atoms with Gasteiger partial charge in [0.25, 0.3) is 5.56 Å². The Morgan fingerprint density at radius 2 is 1.92 bits per heavy atom. The Kier molecular flexibility index (Phi) is 5.93. The molecule has 1 aliphatic carbocycles. The van der Waals surface area contributed by atoms with Crippen molar-refractivity contribution in [2.24, 2.45) is 12.0 Å². The van der Waals surface area contributed by atoms with E-state index in [1.54, 1.807) is 35.9 Å². The summed E-state index contributed by atoms with van der Waals surface area (Å²) < 4.78 is 56.2. The van der Waals surface area contributed by atoms with Gasteiger partial charge < -0.3 is 10.6 Å². The Morgan fingerprint density at radius 3 is 2.61 bits per heavy atom. The molecule has 1 aromatic heterocycles. The van der Waals surface area contributed by atoms with Crippen LogP contribution in [0.4, 0.5) is 23.2 Å². The highest BCUT2D eigenvalue weighted by Gasteiger charge is 2.35. The Hall–Kier alpha value is -3.89. The molecule has 0 bridgehead atoms. The molecule has 5 rings (SSSR count). The molecule has 2 heterocycles. The lowest BCUT2D eigenvalue weighted by atomic mass is 10.1. The zero-order valence-electron chi connectivity index (χ0n) is 19.4. The van der Waals surface area contributed by atoms with Crippen LogP contribution in [-0.4, -0.2) is 15.2 Å². The summed E-state index contributed by atoms with van der Waals surface area (Å²) in [5.41, 5.74) is -0.461. The first-order valence-corrected chi connectivity index (χ1v) is 11.5. The molecular weight excluding hydrogens is 476 g/mol. The average molecular weight is 501 g/mol. The minimum absolute atomic E-state index is 0.0000315. The van der Waals surface area contributed by atoms with Crippen molar-refractivity contribution in [1.82, 2.24) is 14.5 Å². The topological polar surface area (TPSA) is 87.2 Å². The minimum Gasteiger partial charge on any atom is -0.367 e. The van der Waals surface area contributed by atoms with Crippen LogP contribution in [0.5, 0.6) is 0 Å². The third-order valence-electron chi connectivity index (χ3n) is 6.67. The molecule has 0 spiro atoms. The van der Waals surface area contributed by atoms with E-state index >= 15 is 0 Å². The van der Waals surface area contributed by atoms with E-state index < -0.39 is 23.1 Å². The van der Waals surface area contributed by atoms with Gasteiger partial charge in [0.1, 0.15) is 22.3 Å². The van der Waals surface area contributed by atoms with Gasteiger partial charge in [0.05, 0.1) is 17.6 Å². The van der Waals surface area contributed by atoms with Crippen LogP contribution < -0.4 is 32.5 Å². The average Bonchev–Trinajstić information content (AvgIpc) is 3.42. The molecule has 0 amide bonds. The number of nitrogens with one attached hydrogen (secondary N) is 3. The van der Waals surface area contributed by atoms with Crippen LogP contribution in [0.2, 0.25) is 0 Å². The van der Waals surface area contributed by atoms with Crippen LogP contribution in [-0.2, 0) is 19.8 Å². The van der Waals surface area contributed by atoms with Gasteiger partial charge in [0.15, 0.2) is 0 Å². The molecule has 2 aliphatic rings. The zero-order valence-corrected chi connectivity index (χ0v) is 19.4. The van der Waals surface area contributed by atoms with Crippen molar-refractivity contribution in [3.63, 3.8) is 0 Å². The summed E-state index contributed by atoms with van der Waals surface area (Å²) in [5, 5.41) is 15.2. The lowest BCUT2D eigenvalue weighted by Gasteiger charge is -2.17. The second-order valence-corrected chi connectivity index (χ2v) is 8.98. The van der Waals surface area contributed by atoms with Gasteiger partial charge in [-0.25, -0.2) is 9.38 Å². The van der Waals surface area contributed by atoms with E-state index in [0.29, 0.717) is 17.4 Å². The first kappa shape index (κ1) is 23.8. The van der Waals surface area contributed by atoms with Gasteiger partial charge in [-0.2, -0.15) is 13.2 Å². The van der Waals surface area contributed by atoms with Crippen LogP contribution in [0, 0.1) is 11.2 Å². The van der Waals surface area contributed by atoms with Crippen molar-refractivity contribution in [2.75, 3.05) is 5.32 Å². The van der Waals surface area contributed by atoms with Crippen LogP contribution >= 0.6 is 0 Å². The molecule has 1 aliphatic heterocycles. The predicted octanol–water partition coefficient (Wildman–Crippen LogP) is 2.52. The summed E-state index contributed by atoms with van der Waals surface area (Å²) in [6, 6.07) is 11.7. The van der Waals surface area contributed by atoms with Crippen LogP contribution in [0.15, 0.2) is 58.3 Å². The van der Waals surface area contributed by atoms with E-state index in [9.17, 15) is 22.4 Å². The molecule has 1 fully saturated rings. The number of halogens is 4. The van der Waals surface area contributed by atoms with Crippen LogP contribution in [0.25, 0.3) is 5.82 Å². The fraction of sp³-hybridized carbons (Fsp3) is 0.320. The maximum atomic E-state index is 14.1. The van der Waals surface area contributed by atoms with Gasteiger partial charge in [-0.3, -0.25) is 19.3 Å². The second-order valence-electron chi connectivity index (χ2n) is 8.98. The summed E-state index contributed by atoms with van der Waals surface area (Å²) >= 11 is 0. The molecule has 7 nitrogen and oxygen atoms in total. The second kappa shape index (κ2) is 8.96. The molecule has 0 unspecified atom stereocenters. The Labute approximate surface area is 202 Å². The lowest BCUT2D eigenvalue weighted by Crippen LogP contribution is -2.59. The van der Waals surface area contributed by atoms with Crippen molar-refractivity contribution in [1.29, 1.82) is 5.41 Å². The number of benzene rings is 2. The Bertz CT molecular complexity index is 1560. The zero-order chi connectivity index (χ0) is 25.6. The van der Waals surface area contributed by atoms with Gasteiger partial charge >= 0.3 is 6.18 Å². The van der Waals surface area contributed by atoms with Crippen molar-refractivity contribution >= 4 is 11.5 Å². The molecule has 188 valence electrons. The monoisotopic (exact) mass is 500 g/mol. The number of aromatic nitrogens is 2. The Balaban J connectivity index is 1.62. The number of hydrogen-bond donors (Lipinski definition) is 3. The van der Waals surface area contributed by atoms with Crippen molar-refractivity contribution in [3.8, 4) is 0 Å². The molecule has 11 heteroatoms. The quantitative estimate of drug-likeness (QED) is 0.471. The maximum Gasteiger partial charge on any atom is 0.419 e. The SMILES string of the molecule is Cn1c(=O)/c(=C(/NCc2ccc(C(F)(F)F)c(F)c2)Nc2ccccc2)c(=N)n2c1=N[C@@H]1CCC[C@@H]12. The van der Waals surface area contributed by atoms with E-state index in [1.807, 2.05) is 6.07 Å². The van der Waals surface area contributed by atoms with Gasteiger partial charge in [-0.05, 0) is 49.1 Å². The molecule has 2 aromatic carbocycles. The molecule has 2 atom stereocenters. The van der Waals surface area contributed by atoms with E-state index in [0.717, 1.165) is 25.3 Å². The van der Waals surface area contributed by atoms with Crippen molar-refractivity contribution < 1.29 is 17.6 Å². The smallest absolute Gasteiger partial charge is 0.367 e. The first-order chi connectivity index (χ1) is 17.1. The Morgan fingerprint density at radius 1 is 1.17 bits per heavy atom. The predicted molar refractivity (Wildman–Crippen MR) is 125 cm³/mol. The number of hydrogen-bond acceptors (Lipinski definition) is 5. The van der Waals surface area contributed by atoms with Gasteiger partial charge in [0, 0.05) is 19.3 Å². The third kappa shape index (κ3) is 4.18. The van der Waals surface area contributed by atoms with E-state index in [1.165, 1.54) is 10.6 Å². The van der Waals surface area contributed by atoms with Crippen LogP contribution in [0.3, 0.4) is 0 Å². The number of alkyl halides is 3. The first-order valence-electron chi connectivity index (χ1n) is 11.5. The molecule has 1 saturated carbocycles. The summed E-state index contributed by atoms with van der Waals surface area (Å²) in [7, 11) is 1.60. The van der Waals surface area contributed by atoms with Gasteiger partial charge in [-0.15, -0.1) is 0 Å². The summed E-state index contributed by atoms with van der Waals surface area (Å²) in [6.45, 7) is -0.0784. The standard InChI is InChI=1S/C25H24F4N6O/c1-34-23(36)20(21(30)35-19-9-5-8-18(19)33-24(34)35)22(32-15-6-3-2-4-7-15)31-13-14-10-11-16(17(26)12-14)25(27,28)29/h2-4,6-7,10-12,18-19,30-32H,5,8-9,13H2,1H3/b22-20-,30-21?/t18-,19+/m1/s1. The number of rotatable bonds is 5. The van der Waals surface area contributed by atoms with Gasteiger partial charge in [0.2, 0.25) is 5.62 Å². The number of nitrogens with zero attached hydrogens (tertiary/aromatic N) is 3. The van der Waals surface area contributed by atoms with Gasteiger partial charge in [-0.1, -0.05) is 24.3 Å². The third-order valence-corrected chi connectivity index (χ3v) is 6.67. The highest BCUT2D eigenvalue weighted by Crippen LogP contribution is 2.33. The normalized spacial score (nSPS) is 19.4. The molecule has 3 N–H and O–H groups in total. The minimum atomic E-state index is -4.79. The van der Waals surface area contributed by atoms with E-state index in [4.69, 9.17) is 5.41 Å². The summed E-state index contributed by atoms with van der Waals surface area (Å²) in [4.78, 5) is 18.1. The van der Waals surface area contributed by atoms with Crippen LogP contribution in [0.1, 0.15) is 36.4 Å². The highest BCUT2D eigenvalue weighted by atomic mass is 19.4. The number of anilines is 1. The fourth-order valence-corrected chi connectivity index (χ4v) is 4.90. The molecule has 0 radical (unpaired) electrons. The number of fused-ring (bicyclic) bond motifs is 3. The number of para-hydroxylation sites is 1. The van der Waals surface area contributed by atoms with E-state index in [-0.39, 0.29) is 40.7 Å². The van der Waals surface area contributed by atoms with Crippen molar-refractivity contribution in [3.05, 3.63) is 92.2 Å². The maximum absolute atomic E-state index is 14.1. The molecular formula is C25H24F4N6O. The van der Waals surface area contributed by atoms with Crippen molar-refractivity contribution in [2.45, 2.75) is 44.1 Å². The highest BCUT2D eigenvalue weighted by molar-refractivity contribution is 5.62. The molecule has 36 heavy (non-hydrogen) atoms. The molecule has 3 aromatic rings. The largest absolute Gasteiger partial charge is 0.419 e. The summed E-state index contributed by atoms with van der Waals surface area (Å²) in [6.07, 6.45) is -2.06. The summed E-state index contributed by atoms with van der Waals surface area (Å²) in [5.74, 6) is -1.18. The molecule has 0 saturated heterocycles. The fourth-order valence-electron chi connectivity index (χ4n) is 4.90. The van der Waals surface area contributed by atoms with E-state index in [2.05, 4.69) is 15.6 Å².